The Labute approximate surface area is 215 Å². The summed E-state index contributed by atoms with van der Waals surface area (Å²) >= 11 is 7.03. The fourth-order valence-electron chi connectivity index (χ4n) is 4.48. The molecule has 1 aromatic heterocycles. The topological polar surface area (TPSA) is 106 Å². The van der Waals surface area contributed by atoms with E-state index < -0.39 is 23.7 Å². The van der Waals surface area contributed by atoms with Crippen molar-refractivity contribution < 1.29 is 29.0 Å². The second kappa shape index (κ2) is 9.07. The Kier molecular flexibility index (Phi) is 6.05. The molecule has 0 aliphatic carbocycles. The van der Waals surface area contributed by atoms with Gasteiger partial charge in [-0.1, -0.05) is 35.1 Å². The molecule has 10 heteroatoms. The lowest BCUT2D eigenvalue weighted by Crippen LogP contribution is -2.29. The quantitative estimate of drug-likeness (QED) is 0.225. The van der Waals surface area contributed by atoms with E-state index in [1.807, 2.05) is 6.92 Å². The van der Waals surface area contributed by atoms with Crippen LogP contribution in [0.4, 0.5) is 5.13 Å². The molecule has 36 heavy (non-hydrogen) atoms. The van der Waals surface area contributed by atoms with E-state index in [9.17, 15) is 19.5 Å². The van der Waals surface area contributed by atoms with Gasteiger partial charge in [-0.15, -0.1) is 0 Å². The van der Waals surface area contributed by atoms with E-state index in [2.05, 4.69) is 4.98 Å². The van der Waals surface area contributed by atoms with Crippen LogP contribution >= 0.6 is 22.9 Å². The lowest BCUT2D eigenvalue weighted by atomic mass is 9.94. The number of ketones is 1. The van der Waals surface area contributed by atoms with Crippen LogP contribution in [0.15, 0.2) is 48.0 Å². The highest BCUT2D eigenvalue weighted by Crippen LogP contribution is 2.44. The van der Waals surface area contributed by atoms with Crippen LogP contribution < -0.4 is 9.64 Å². The molecule has 2 aliphatic rings. The van der Waals surface area contributed by atoms with Crippen LogP contribution in [0.5, 0.6) is 5.75 Å². The number of aromatic nitrogens is 1. The van der Waals surface area contributed by atoms with Crippen molar-refractivity contribution in [1.82, 2.24) is 4.98 Å². The summed E-state index contributed by atoms with van der Waals surface area (Å²) in [7, 11) is 1.25. The number of Topliss-reactive ketones (excluding diaryl/α,β-unsaturated/α-hetero) is 1. The van der Waals surface area contributed by atoms with Gasteiger partial charge in [-0.25, -0.2) is 9.78 Å². The number of hydrogen-bond donors (Lipinski definition) is 1. The maximum Gasteiger partial charge on any atom is 0.350 e. The highest BCUT2D eigenvalue weighted by molar-refractivity contribution is 7.17. The summed E-state index contributed by atoms with van der Waals surface area (Å²) in [6.07, 6.45) is 0.675. The Hall–Kier alpha value is -3.69. The average molecular weight is 525 g/mol. The summed E-state index contributed by atoms with van der Waals surface area (Å²) in [6.45, 7) is 3.57. The molecule has 2 aromatic carbocycles. The third-order valence-electron chi connectivity index (χ3n) is 6.16. The number of aliphatic hydroxyl groups is 1. The van der Waals surface area contributed by atoms with Gasteiger partial charge in [-0.2, -0.15) is 0 Å². The van der Waals surface area contributed by atoms with Gasteiger partial charge in [0, 0.05) is 17.0 Å². The molecule has 1 saturated heterocycles. The van der Waals surface area contributed by atoms with Crippen LogP contribution in [0.25, 0.3) is 5.76 Å². The maximum atomic E-state index is 13.3. The molecule has 3 aromatic rings. The molecule has 184 valence electrons. The summed E-state index contributed by atoms with van der Waals surface area (Å²) in [6, 6.07) is 10.8. The van der Waals surface area contributed by atoms with E-state index >= 15 is 0 Å². The van der Waals surface area contributed by atoms with E-state index in [1.54, 1.807) is 49.4 Å². The Bertz CT molecular complexity index is 1450. The number of anilines is 1. The molecule has 2 aliphatic heterocycles. The number of fused-ring (bicyclic) bond motifs is 1. The molecule has 3 heterocycles. The zero-order chi connectivity index (χ0) is 25.7. The number of ether oxygens (including phenoxy) is 2. The van der Waals surface area contributed by atoms with Gasteiger partial charge in [0.1, 0.15) is 22.5 Å². The molecule has 1 amide bonds. The second-order valence-corrected chi connectivity index (χ2v) is 9.99. The first-order valence-electron chi connectivity index (χ1n) is 11.1. The first-order chi connectivity index (χ1) is 17.2. The van der Waals surface area contributed by atoms with E-state index in [4.69, 9.17) is 21.1 Å². The van der Waals surface area contributed by atoms with Crippen molar-refractivity contribution in [1.29, 1.82) is 0 Å². The lowest BCUT2D eigenvalue weighted by molar-refractivity contribution is -0.132. The van der Waals surface area contributed by atoms with Gasteiger partial charge in [0.2, 0.25) is 0 Å². The SMILES string of the molecule is COC(=O)c1sc(N2C(=O)C(=O)/C(=C(/O)c3ccc4c(c3)CC(C)O4)C2c2ccc(Cl)cc2)nc1C. The molecular weight excluding hydrogens is 504 g/mol. The minimum atomic E-state index is -0.984. The normalized spacial score (nSPS) is 20.4. The maximum absolute atomic E-state index is 13.3. The van der Waals surface area contributed by atoms with Crippen molar-refractivity contribution in [3.63, 3.8) is 0 Å². The number of methoxy groups -OCH3 is 1. The molecule has 2 atom stereocenters. The largest absolute Gasteiger partial charge is 0.507 e. The van der Waals surface area contributed by atoms with Crippen molar-refractivity contribution >= 4 is 51.5 Å². The molecule has 0 radical (unpaired) electrons. The molecule has 1 N–H and O–H groups in total. The Morgan fingerprint density at radius 2 is 1.94 bits per heavy atom. The Morgan fingerprint density at radius 1 is 1.22 bits per heavy atom. The molecule has 5 rings (SSSR count). The number of halogens is 1. The number of thiazole rings is 1. The number of amides is 1. The van der Waals surface area contributed by atoms with Crippen molar-refractivity contribution in [3.05, 3.63) is 80.3 Å². The highest BCUT2D eigenvalue weighted by Gasteiger charge is 2.48. The standard InChI is InChI=1S/C26H21ClN2O6S/c1-12-10-16-11-15(6-9-18(16)35-12)21(30)19-20(14-4-7-17(27)8-5-14)29(24(32)22(19)31)26-28-13(2)23(36-26)25(33)34-3/h4-9,11-12,20,30H,10H2,1-3H3/b21-19+. The van der Waals surface area contributed by atoms with Crippen LogP contribution in [-0.2, 0) is 20.7 Å². The fourth-order valence-corrected chi connectivity index (χ4v) is 5.62. The third kappa shape index (κ3) is 3.94. The molecule has 8 nitrogen and oxygen atoms in total. The number of carbonyl (C=O) groups excluding carboxylic acids is 3. The van der Waals surface area contributed by atoms with Crippen LogP contribution in [0.1, 0.15) is 45.0 Å². The minimum absolute atomic E-state index is 0.00851. The van der Waals surface area contributed by atoms with Gasteiger partial charge >= 0.3 is 11.9 Å². The van der Waals surface area contributed by atoms with Gasteiger partial charge in [0.05, 0.1) is 24.4 Å². The minimum Gasteiger partial charge on any atom is -0.507 e. The monoisotopic (exact) mass is 524 g/mol. The lowest BCUT2D eigenvalue weighted by Gasteiger charge is -2.23. The summed E-state index contributed by atoms with van der Waals surface area (Å²) < 4.78 is 10.6. The number of nitrogens with zero attached hydrogens (tertiary/aromatic N) is 2. The molecule has 0 saturated carbocycles. The van der Waals surface area contributed by atoms with Gasteiger partial charge in [-0.3, -0.25) is 14.5 Å². The van der Waals surface area contributed by atoms with Crippen molar-refractivity contribution in [2.24, 2.45) is 0 Å². The number of benzene rings is 2. The smallest absolute Gasteiger partial charge is 0.350 e. The highest BCUT2D eigenvalue weighted by atomic mass is 35.5. The van der Waals surface area contributed by atoms with E-state index in [1.165, 1.54) is 12.0 Å². The number of esters is 1. The number of carbonyl (C=O) groups is 3. The number of aryl methyl sites for hydroxylation is 1. The van der Waals surface area contributed by atoms with Crippen LogP contribution in [0.3, 0.4) is 0 Å². The summed E-state index contributed by atoms with van der Waals surface area (Å²) in [5.74, 6) is -1.89. The van der Waals surface area contributed by atoms with E-state index in [0.717, 1.165) is 22.6 Å². The average Bonchev–Trinajstić information content (AvgIpc) is 3.50. The van der Waals surface area contributed by atoms with Crippen LogP contribution in [0.2, 0.25) is 5.02 Å². The van der Waals surface area contributed by atoms with Gasteiger partial charge < -0.3 is 14.6 Å². The fraction of sp³-hybridized carbons (Fsp3) is 0.231. The molecule has 2 unspecified atom stereocenters. The number of aliphatic hydroxyl groups excluding tert-OH is 1. The number of rotatable bonds is 4. The van der Waals surface area contributed by atoms with E-state index in [0.29, 0.717) is 28.3 Å². The van der Waals surface area contributed by atoms with Gasteiger partial charge in [-0.05, 0) is 55.3 Å². The van der Waals surface area contributed by atoms with Gasteiger partial charge in [0.25, 0.3) is 5.78 Å². The first kappa shape index (κ1) is 24.0. The summed E-state index contributed by atoms with van der Waals surface area (Å²) in [4.78, 5) is 44.7. The van der Waals surface area contributed by atoms with Crippen molar-refractivity contribution in [3.8, 4) is 5.75 Å². The van der Waals surface area contributed by atoms with Crippen molar-refractivity contribution in [2.75, 3.05) is 12.0 Å². The predicted molar refractivity (Wildman–Crippen MR) is 135 cm³/mol. The predicted octanol–water partition coefficient (Wildman–Crippen LogP) is 4.84. The van der Waals surface area contributed by atoms with Crippen molar-refractivity contribution in [2.45, 2.75) is 32.4 Å². The number of hydrogen-bond acceptors (Lipinski definition) is 8. The zero-order valence-corrected chi connectivity index (χ0v) is 21.1. The molecule has 0 bridgehead atoms. The zero-order valence-electron chi connectivity index (χ0n) is 19.6. The Balaban J connectivity index is 1.68. The molecular formula is C26H21ClN2O6S. The Morgan fingerprint density at radius 3 is 2.64 bits per heavy atom. The van der Waals surface area contributed by atoms with Crippen LogP contribution in [0, 0.1) is 6.92 Å². The summed E-state index contributed by atoms with van der Waals surface area (Å²) in [5.41, 5.74) is 2.13. The molecule has 0 spiro atoms. The first-order valence-corrected chi connectivity index (χ1v) is 12.3. The second-order valence-electron chi connectivity index (χ2n) is 8.58. The van der Waals surface area contributed by atoms with Gasteiger partial charge in [0.15, 0.2) is 5.13 Å². The third-order valence-corrected chi connectivity index (χ3v) is 7.55. The van der Waals surface area contributed by atoms with E-state index in [-0.39, 0.29) is 27.4 Å². The molecule has 1 fully saturated rings. The summed E-state index contributed by atoms with van der Waals surface area (Å²) in [5, 5.41) is 12.0. The van der Waals surface area contributed by atoms with Crippen LogP contribution in [-0.4, -0.2) is 41.0 Å².